The summed E-state index contributed by atoms with van der Waals surface area (Å²) in [7, 11) is 3.23. The zero-order valence-electron chi connectivity index (χ0n) is 14.8. The molecule has 5 heteroatoms. The molecular formula is C20H24N2O3. The van der Waals surface area contributed by atoms with Crippen LogP contribution in [0.25, 0.3) is 0 Å². The number of likely N-dealkylation sites (tertiary alicyclic amines) is 1. The van der Waals surface area contributed by atoms with Crippen LogP contribution < -0.4 is 9.47 Å². The van der Waals surface area contributed by atoms with E-state index in [1.165, 1.54) is 0 Å². The van der Waals surface area contributed by atoms with Crippen LogP contribution in [0.1, 0.15) is 47.6 Å². The van der Waals surface area contributed by atoms with Crippen LogP contribution >= 0.6 is 0 Å². The summed E-state index contributed by atoms with van der Waals surface area (Å²) in [6, 6.07) is 11.6. The summed E-state index contributed by atoms with van der Waals surface area (Å²) in [5, 5.41) is 0. The lowest BCUT2D eigenvalue weighted by Crippen LogP contribution is -2.34. The Morgan fingerprint density at radius 2 is 1.84 bits per heavy atom. The van der Waals surface area contributed by atoms with Crippen LogP contribution in [0.5, 0.6) is 11.6 Å². The minimum atomic E-state index is 0.0258. The van der Waals surface area contributed by atoms with E-state index >= 15 is 0 Å². The van der Waals surface area contributed by atoms with Gasteiger partial charge in [0.05, 0.1) is 25.8 Å². The highest BCUT2D eigenvalue weighted by Crippen LogP contribution is 2.32. The van der Waals surface area contributed by atoms with E-state index in [1.54, 1.807) is 32.5 Å². The molecule has 1 aromatic heterocycles. The number of methoxy groups -OCH3 is 2. The van der Waals surface area contributed by atoms with Gasteiger partial charge in [0, 0.05) is 18.8 Å². The Kier molecular flexibility index (Phi) is 5.53. The van der Waals surface area contributed by atoms with Crippen LogP contribution in [0, 0.1) is 0 Å². The van der Waals surface area contributed by atoms with Crippen LogP contribution in [0.4, 0.5) is 0 Å². The van der Waals surface area contributed by atoms with Crippen molar-refractivity contribution in [3.8, 4) is 11.6 Å². The van der Waals surface area contributed by atoms with Gasteiger partial charge in [-0.1, -0.05) is 25.0 Å². The van der Waals surface area contributed by atoms with E-state index < -0.39 is 0 Å². The first-order valence-electron chi connectivity index (χ1n) is 8.68. The number of carbonyl (C=O) groups is 1. The molecule has 25 heavy (non-hydrogen) atoms. The molecule has 1 unspecified atom stereocenters. The number of pyridine rings is 1. The number of hydrogen-bond donors (Lipinski definition) is 0. The highest BCUT2D eigenvalue weighted by atomic mass is 16.5. The Bertz CT molecular complexity index is 698. The molecule has 2 aromatic rings. The molecule has 1 aliphatic rings. The number of rotatable bonds is 4. The van der Waals surface area contributed by atoms with Gasteiger partial charge in [-0.05, 0) is 36.6 Å². The zero-order chi connectivity index (χ0) is 17.6. The molecule has 2 heterocycles. The van der Waals surface area contributed by atoms with Crippen molar-refractivity contribution in [2.75, 3.05) is 20.8 Å². The topological polar surface area (TPSA) is 51.7 Å². The molecule has 1 amide bonds. The molecule has 0 spiro atoms. The molecule has 0 radical (unpaired) electrons. The molecule has 3 rings (SSSR count). The normalized spacial score (nSPS) is 17.7. The van der Waals surface area contributed by atoms with Gasteiger partial charge in [0.1, 0.15) is 5.75 Å². The first-order chi connectivity index (χ1) is 12.2. The van der Waals surface area contributed by atoms with Gasteiger partial charge in [-0.25, -0.2) is 4.98 Å². The Balaban J connectivity index is 1.87. The van der Waals surface area contributed by atoms with Gasteiger partial charge in [-0.15, -0.1) is 0 Å². The molecule has 0 saturated carbocycles. The lowest BCUT2D eigenvalue weighted by Gasteiger charge is -2.30. The summed E-state index contributed by atoms with van der Waals surface area (Å²) >= 11 is 0. The molecule has 1 aliphatic heterocycles. The first-order valence-corrected chi connectivity index (χ1v) is 8.68. The van der Waals surface area contributed by atoms with Crippen LogP contribution in [0.2, 0.25) is 0 Å². The maximum Gasteiger partial charge on any atom is 0.255 e. The molecule has 5 nitrogen and oxygen atoms in total. The van der Waals surface area contributed by atoms with Gasteiger partial charge in [0.2, 0.25) is 5.88 Å². The molecule has 1 atom stereocenters. The van der Waals surface area contributed by atoms with Crippen molar-refractivity contribution in [2.24, 2.45) is 0 Å². The molecule has 1 fully saturated rings. The van der Waals surface area contributed by atoms with E-state index in [2.05, 4.69) is 17.1 Å². The van der Waals surface area contributed by atoms with E-state index in [9.17, 15) is 4.79 Å². The third-order valence-electron chi connectivity index (χ3n) is 4.71. The number of nitrogens with zero attached hydrogens (tertiary/aromatic N) is 2. The highest BCUT2D eigenvalue weighted by Gasteiger charge is 2.27. The maximum atomic E-state index is 13.1. The van der Waals surface area contributed by atoms with Gasteiger partial charge in [-0.3, -0.25) is 4.79 Å². The largest absolute Gasteiger partial charge is 0.497 e. The molecular weight excluding hydrogens is 316 g/mol. The smallest absolute Gasteiger partial charge is 0.255 e. The average Bonchev–Trinajstić information content (AvgIpc) is 2.93. The van der Waals surface area contributed by atoms with Crippen molar-refractivity contribution < 1.29 is 14.3 Å². The van der Waals surface area contributed by atoms with Crippen LogP contribution in [-0.2, 0) is 0 Å². The summed E-state index contributed by atoms with van der Waals surface area (Å²) < 4.78 is 10.3. The molecule has 0 aliphatic carbocycles. The number of benzene rings is 1. The Hall–Kier alpha value is -2.56. The predicted octanol–water partition coefficient (Wildman–Crippen LogP) is 3.86. The van der Waals surface area contributed by atoms with Crippen molar-refractivity contribution in [2.45, 2.75) is 31.7 Å². The van der Waals surface area contributed by atoms with Crippen LogP contribution in [0.3, 0.4) is 0 Å². The molecule has 0 N–H and O–H groups in total. The summed E-state index contributed by atoms with van der Waals surface area (Å²) in [5.41, 5.74) is 1.75. The monoisotopic (exact) mass is 340 g/mol. The van der Waals surface area contributed by atoms with E-state index in [-0.39, 0.29) is 11.9 Å². The number of amides is 1. The maximum absolute atomic E-state index is 13.1. The van der Waals surface area contributed by atoms with Gasteiger partial charge < -0.3 is 14.4 Å². The Morgan fingerprint density at radius 3 is 2.48 bits per heavy atom. The number of hydrogen-bond acceptors (Lipinski definition) is 4. The fourth-order valence-corrected chi connectivity index (χ4v) is 3.32. The lowest BCUT2D eigenvalue weighted by atomic mass is 10.00. The minimum absolute atomic E-state index is 0.0258. The van der Waals surface area contributed by atoms with Crippen molar-refractivity contribution >= 4 is 5.91 Å². The van der Waals surface area contributed by atoms with Gasteiger partial charge in [-0.2, -0.15) is 0 Å². The lowest BCUT2D eigenvalue weighted by molar-refractivity contribution is 0.0680. The fourth-order valence-electron chi connectivity index (χ4n) is 3.32. The van der Waals surface area contributed by atoms with Crippen molar-refractivity contribution in [3.05, 3.63) is 53.7 Å². The molecule has 1 aromatic carbocycles. The zero-order valence-corrected chi connectivity index (χ0v) is 14.8. The fraction of sp³-hybridized carbons (Fsp3) is 0.400. The summed E-state index contributed by atoms with van der Waals surface area (Å²) in [6.07, 6.45) is 5.87. The second-order valence-corrected chi connectivity index (χ2v) is 6.23. The minimum Gasteiger partial charge on any atom is -0.497 e. The van der Waals surface area contributed by atoms with Crippen LogP contribution in [-0.4, -0.2) is 36.6 Å². The Labute approximate surface area is 148 Å². The van der Waals surface area contributed by atoms with E-state index in [0.717, 1.165) is 43.5 Å². The van der Waals surface area contributed by atoms with Crippen LogP contribution in [0.15, 0.2) is 42.6 Å². The average molecular weight is 340 g/mol. The molecule has 0 bridgehead atoms. The van der Waals surface area contributed by atoms with Crippen molar-refractivity contribution in [1.29, 1.82) is 0 Å². The van der Waals surface area contributed by atoms with E-state index in [1.807, 2.05) is 17.0 Å². The summed E-state index contributed by atoms with van der Waals surface area (Å²) in [6.45, 7) is 0.765. The second kappa shape index (κ2) is 8.01. The summed E-state index contributed by atoms with van der Waals surface area (Å²) in [5.74, 6) is 1.37. The SMILES string of the molecule is COc1ccc(C2CCCCCN2C(=O)c2ccc(OC)nc2)cc1. The number of carbonyl (C=O) groups excluding carboxylic acids is 1. The van der Waals surface area contributed by atoms with Gasteiger partial charge in [0.15, 0.2) is 0 Å². The number of ether oxygens (including phenoxy) is 2. The van der Waals surface area contributed by atoms with Crippen molar-refractivity contribution in [3.63, 3.8) is 0 Å². The first kappa shape index (κ1) is 17.3. The molecule has 132 valence electrons. The van der Waals surface area contributed by atoms with E-state index in [4.69, 9.17) is 9.47 Å². The third kappa shape index (κ3) is 3.92. The van der Waals surface area contributed by atoms with Crippen molar-refractivity contribution in [1.82, 2.24) is 9.88 Å². The molecule has 1 saturated heterocycles. The third-order valence-corrected chi connectivity index (χ3v) is 4.71. The quantitative estimate of drug-likeness (QED) is 0.848. The van der Waals surface area contributed by atoms with E-state index in [0.29, 0.717) is 11.4 Å². The number of aromatic nitrogens is 1. The van der Waals surface area contributed by atoms with Gasteiger partial charge >= 0.3 is 0 Å². The second-order valence-electron chi connectivity index (χ2n) is 6.23. The van der Waals surface area contributed by atoms with Gasteiger partial charge in [0.25, 0.3) is 5.91 Å². The summed E-state index contributed by atoms with van der Waals surface area (Å²) in [4.78, 5) is 19.2. The highest BCUT2D eigenvalue weighted by molar-refractivity contribution is 5.94. The predicted molar refractivity (Wildman–Crippen MR) is 96.0 cm³/mol. The standard InChI is InChI=1S/C20H24N2O3/c1-24-17-10-7-15(8-11-17)18-6-4-3-5-13-22(18)20(23)16-9-12-19(25-2)21-14-16/h7-12,14,18H,3-6,13H2,1-2H3. The Morgan fingerprint density at radius 1 is 1.04 bits per heavy atom.